The van der Waals surface area contributed by atoms with Gasteiger partial charge in [-0.1, -0.05) is 42.5 Å². The number of nitrogens with two attached hydrogens (primary N) is 1. The van der Waals surface area contributed by atoms with Crippen LogP contribution in [0.4, 0.5) is 8.78 Å². The van der Waals surface area contributed by atoms with Crippen LogP contribution in [0.2, 0.25) is 0 Å². The van der Waals surface area contributed by atoms with Crippen LogP contribution in [-0.2, 0) is 0 Å². The summed E-state index contributed by atoms with van der Waals surface area (Å²) in [5.41, 5.74) is 11.8. The molecule has 1 heterocycles. The van der Waals surface area contributed by atoms with Gasteiger partial charge in [-0.2, -0.15) is 0 Å². The first-order valence-corrected chi connectivity index (χ1v) is 7.97. The van der Waals surface area contributed by atoms with E-state index >= 15 is 0 Å². The Bertz CT molecular complexity index is 1150. The number of hydrogen-bond acceptors (Lipinski definition) is 2. The number of benzene rings is 3. The molecule has 3 nitrogen and oxygen atoms in total. The molecule has 5 rings (SSSR count). The standard InChI is InChI=1S/C20H13F2N3/c21-14-8-9-15-19(17(14)22)25-20(24-15)13-7-3-6-12-16(13)10-4-1-2-5-11(10)18(12)23/h1-9,18H,23H2,(H,24,25). The molecule has 0 fully saturated rings. The second kappa shape index (κ2) is 4.97. The number of aromatic nitrogens is 2. The van der Waals surface area contributed by atoms with Crippen molar-refractivity contribution in [2.24, 2.45) is 5.73 Å². The van der Waals surface area contributed by atoms with E-state index in [9.17, 15) is 8.78 Å². The third kappa shape index (κ3) is 1.90. The van der Waals surface area contributed by atoms with E-state index in [2.05, 4.69) is 9.97 Å². The van der Waals surface area contributed by atoms with Crippen LogP contribution in [0.1, 0.15) is 17.2 Å². The molecular formula is C20H13F2N3. The molecule has 122 valence electrons. The molecule has 1 atom stereocenters. The maximum Gasteiger partial charge on any atom is 0.186 e. The van der Waals surface area contributed by atoms with E-state index in [-0.39, 0.29) is 11.6 Å². The minimum absolute atomic E-state index is 0.00295. The summed E-state index contributed by atoms with van der Waals surface area (Å²) in [5, 5.41) is 0. The normalized spacial score (nSPS) is 15.4. The van der Waals surface area contributed by atoms with E-state index in [4.69, 9.17) is 5.73 Å². The van der Waals surface area contributed by atoms with Crippen LogP contribution in [0.3, 0.4) is 0 Å². The number of fused-ring (bicyclic) bond motifs is 4. The molecule has 0 spiro atoms. The number of H-pyrrole nitrogens is 1. The summed E-state index contributed by atoms with van der Waals surface area (Å²) in [5.74, 6) is -1.35. The van der Waals surface area contributed by atoms with Gasteiger partial charge in [-0.3, -0.25) is 0 Å². The lowest BCUT2D eigenvalue weighted by atomic mass is 9.99. The summed E-state index contributed by atoms with van der Waals surface area (Å²) in [6, 6.07) is 16.2. The van der Waals surface area contributed by atoms with E-state index in [1.165, 1.54) is 6.07 Å². The van der Waals surface area contributed by atoms with E-state index in [1.807, 2.05) is 42.5 Å². The summed E-state index contributed by atoms with van der Waals surface area (Å²) < 4.78 is 27.5. The van der Waals surface area contributed by atoms with Crippen LogP contribution >= 0.6 is 0 Å². The second-order valence-corrected chi connectivity index (χ2v) is 6.18. The highest BCUT2D eigenvalue weighted by Crippen LogP contribution is 2.46. The first-order chi connectivity index (χ1) is 12.1. The zero-order chi connectivity index (χ0) is 17.1. The molecule has 25 heavy (non-hydrogen) atoms. The van der Waals surface area contributed by atoms with Crippen LogP contribution < -0.4 is 5.73 Å². The number of hydrogen-bond donors (Lipinski definition) is 2. The van der Waals surface area contributed by atoms with Crippen molar-refractivity contribution in [3.63, 3.8) is 0 Å². The molecular weight excluding hydrogens is 320 g/mol. The van der Waals surface area contributed by atoms with Crippen molar-refractivity contribution < 1.29 is 8.78 Å². The lowest BCUT2D eigenvalue weighted by Crippen LogP contribution is -2.07. The third-order valence-electron chi connectivity index (χ3n) is 4.80. The van der Waals surface area contributed by atoms with Gasteiger partial charge in [-0.15, -0.1) is 0 Å². The van der Waals surface area contributed by atoms with E-state index in [0.717, 1.165) is 33.9 Å². The predicted octanol–water partition coefficient (Wildman–Crippen LogP) is 4.54. The van der Waals surface area contributed by atoms with Gasteiger partial charge in [0.25, 0.3) is 0 Å². The van der Waals surface area contributed by atoms with E-state index in [0.29, 0.717) is 11.3 Å². The maximum absolute atomic E-state index is 14.0. The van der Waals surface area contributed by atoms with Gasteiger partial charge in [-0.05, 0) is 34.4 Å². The molecule has 4 aromatic rings. The van der Waals surface area contributed by atoms with Gasteiger partial charge in [0, 0.05) is 5.56 Å². The molecule has 3 N–H and O–H groups in total. The zero-order valence-corrected chi connectivity index (χ0v) is 13.1. The van der Waals surface area contributed by atoms with Gasteiger partial charge in [-0.25, -0.2) is 13.8 Å². The summed E-state index contributed by atoms with van der Waals surface area (Å²) in [6.07, 6.45) is 0. The summed E-state index contributed by atoms with van der Waals surface area (Å²) in [6.45, 7) is 0. The van der Waals surface area contributed by atoms with Gasteiger partial charge in [0.1, 0.15) is 11.3 Å². The number of aromatic amines is 1. The van der Waals surface area contributed by atoms with Crippen LogP contribution in [0, 0.1) is 11.6 Å². The quantitative estimate of drug-likeness (QED) is 0.537. The highest BCUT2D eigenvalue weighted by atomic mass is 19.2. The van der Waals surface area contributed by atoms with Gasteiger partial charge < -0.3 is 10.7 Å². The van der Waals surface area contributed by atoms with Crippen LogP contribution in [0.15, 0.2) is 54.6 Å². The lowest BCUT2D eigenvalue weighted by Gasteiger charge is -2.08. The summed E-state index contributed by atoms with van der Waals surface area (Å²) in [7, 11) is 0. The van der Waals surface area contributed by atoms with Gasteiger partial charge in [0.15, 0.2) is 11.6 Å². The number of nitrogens with zero attached hydrogens (tertiary/aromatic N) is 1. The summed E-state index contributed by atoms with van der Waals surface area (Å²) in [4.78, 5) is 7.40. The molecule has 1 unspecified atom stereocenters. The lowest BCUT2D eigenvalue weighted by molar-refractivity contribution is 0.515. The van der Waals surface area contributed by atoms with Crippen molar-refractivity contribution in [2.45, 2.75) is 6.04 Å². The van der Waals surface area contributed by atoms with Crippen molar-refractivity contribution in [1.29, 1.82) is 0 Å². The predicted molar refractivity (Wildman–Crippen MR) is 92.9 cm³/mol. The van der Waals surface area contributed by atoms with Crippen molar-refractivity contribution >= 4 is 11.0 Å². The van der Waals surface area contributed by atoms with Gasteiger partial charge in [0.2, 0.25) is 0 Å². The fourth-order valence-corrected chi connectivity index (χ4v) is 3.64. The molecule has 3 aromatic carbocycles. The molecule has 1 aliphatic carbocycles. The van der Waals surface area contributed by atoms with Crippen LogP contribution in [0.5, 0.6) is 0 Å². The topological polar surface area (TPSA) is 54.7 Å². The average Bonchev–Trinajstić information content (AvgIpc) is 3.20. The first-order valence-electron chi connectivity index (χ1n) is 7.97. The Balaban J connectivity index is 1.80. The molecule has 1 aliphatic rings. The Morgan fingerprint density at radius 2 is 1.64 bits per heavy atom. The Kier molecular flexibility index (Phi) is 2.85. The van der Waals surface area contributed by atoms with Crippen molar-refractivity contribution in [3.05, 3.63) is 77.4 Å². The number of halogens is 2. The molecule has 1 aromatic heterocycles. The Labute approximate surface area is 142 Å². The second-order valence-electron chi connectivity index (χ2n) is 6.18. The van der Waals surface area contributed by atoms with Gasteiger partial charge >= 0.3 is 0 Å². The highest BCUT2D eigenvalue weighted by Gasteiger charge is 2.28. The number of imidazole rings is 1. The number of nitrogens with one attached hydrogen (secondary N) is 1. The average molecular weight is 333 g/mol. The van der Waals surface area contributed by atoms with E-state index in [1.54, 1.807) is 0 Å². The Morgan fingerprint density at radius 1 is 0.880 bits per heavy atom. The van der Waals surface area contributed by atoms with Crippen molar-refractivity contribution in [3.8, 4) is 22.5 Å². The molecule has 0 saturated carbocycles. The minimum Gasteiger partial charge on any atom is -0.338 e. The number of rotatable bonds is 1. The third-order valence-corrected chi connectivity index (χ3v) is 4.80. The fraction of sp³-hybridized carbons (Fsp3) is 0.0500. The minimum atomic E-state index is -0.940. The SMILES string of the molecule is NC1c2ccccc2-c2c(-c3nc4c(F)c(F)ccc4[nH]3)cccc21. The molecule has 0 bridgehead atoms. The monoisotopic (exact) mass is 333 g/mol. The van der Waals surface area contributed by atoms with E-state index < -0.39 is 11.6 Å². The largest absolute Gasteiger partial charge is 0.338 e. The maximum atomic E-state index is 14.0. The highest BCUT2D eigenvalue weighted by molar-refractivity contribution is 5.91. The molecule has 0 amide bonds. The molecule has 0 saturated heterocycles. The molecule has 0 radical (unpaired) electrons. The first kappa shape index (κ1) is 14.3. The van der Waals surface area contributed by atoms with Gasteiger partial charge in [0.05, 0.1) is 11.6 Å². The Hall–Kier alpha value is -3.05. The zero-order valence-electron chi connectivity index (χ0n) is 13.1. The Morgan fingerprint density at radius 3 is 2.52 bits per heavy atom. The molecule has 5 heteroatoms. The smallest absolute Gasteiger partial charge is 0.186 e. The van der Waals surface area contributed by atoms with Crippen LogP contribution in [0.25, 0.3) is 33.5 Å². The van der Waals surface area contributed by atoms with Crippen molar-refractivity contribution in [1.82, 2.24) is 9.97 Å². The fourth-order valence-electron chi connectivity index (χ4n) is 3.64. The molecule has 0 aliphatic heterocycles. The van der Waals surface area contributed by atoms with Crippen LogP contribution in [-0.4, -0.2) is 9.97 Å². The van der Waals surface area contributed by atoms with Crippen molar-refractivity contribution in [2.75, 3.05) is 0 Å². The summed E-state index contributed by atoms with van der Waals surface area (Å²) >= 11 is 0.